The zero-order chi connectivity index (χ0) is 17.0. The van der Waals surface area contributed by atoms with Crippen LogP contribution in [0.5, 0.6) is 0 Å². The smallest absolute Gasteiger partial charge is 0.315 e. The second-order valence-corrected chi connectivity index (χ2v) is 6.85. The van der Waals surface area contributed by atoms with Crippen molar-refractivity contribution in [1.82, 2.24) is 15.5 Å². The Hall–Kier alpha value is -1.66. The first-order valence-electron chi connectivity index (χ1n) is 7.97. The zero-order valence-electron chi connectivity index (χ0n) is 14.0. The van der Waals surface area contributed by atoms with E-state index in [9.17, 15) is 14.3 Å². The first-order valence-corrected chi connectivity index (χ1v) is 7.97. The number of nitrogens with one attached hydrogen (secondary N) is 2. The quantitative estimate of drug-likeness (QED) is 0.774. The van der Waals surface area contributed by atoms with E-state index in [1.807, 2.05) is 19.0 Å². The molecule has 1 aromatic carbocycles. The third-order valence-corrected chi connectivity index (χ3v) is 4.01. The van der Waals surface area contributed by atoms with Gasteiger partial charge in [-0.2, -0.15) is 0 Å². The normalized spacial score (nSPS) is 19.8. The Bertz CT molecular complexity index is 561. The minimum Gasteiger partial charge on any atom is -0.387 e. The summed E-state index contributed by atoms with van der Waals surface area (Å²) in [4.78, 5) is 14.0. The van der Waals surface area contributed by atoms with Gasteiger partial charge in [-0.3, -0.25) is 0 Å². The Kier molecular flexibility index (Phi) is 5.59. The van der Waals surface area contributed by atoms with E-state index in [0.717, 1.165) is 30.4 Å². The first kappa shape index (κ1) is 17.7. The fourth-order valence-electron chi connectivity index (χ4n) is 3.15. The molecular weight excluding hydrogens is 297 g/mol. The summed E-state index contributed by atoms with van der Waals surface area (Å²) in [6.45, 7) is 2.31. The molecule has 0 spiro atoms. The first-order chi connectivity index (χ1) is 10.8. The third kappa shape index (κ3) is 5.18. The summed E-state index contributed by atoms with van der Waals surface area (Å²) in [5.41, 5.74) is 0.947. The summed E-state index contributed by atoms with van der Waals surface area (Å²) in [5, 5.41) is 15.8. The number of likely N-dealkylation sites (N-methyl/N-ethyl adjacent to an activating group) is 1. The molecule has 0 aliphatic heterocycles. The number of amides is 2. The molecule has 5 nitrogen and oxygen atoms in total. The highest BCUT2D eigenvalue weighted by atomic mass is 19.1. The SMILES string of the molecule is CN(C)CC(C)(O)CNC(=O)NC1CCCc2cc(F)ccc21. The van der Waals surface area contributed by atoms with Crippen LogP contribution in [0.4, 0.5) is 9.18 Å². The number of carbonyl (C=O) groups excluding carboxylic acids is 1. The average molecular weight is 323 g/mol. The molecule has 0 heterocycles. The molecule has 0 fully saturated rings. The Morgan fingerprint density at radius 2 is 2.22 bits per heavy atom. The summed E-state index contributed by atoms with van der Waals surface area (Å²) in [6.07, 6.45) is 2.59. The van der Waals surface area contributed by atoms with Gasteiger partial charge in [-0.15, -0.1) is 0 Å². The number of nitrogens with zero attached hydrogens (tertiary/aromatic N) is 1. The number of aliphatic hydroxyl groups is 1. The summed E-state index contributed by atoms with van der Waals surface area (Å²) < 4.78 is 13.3. The van der Waals surface area contributed by atoms with Crippen LogP contribution >= 0.6 is 0 Å². The number of urea groups is 1. The van der Waals surface area contributed by atoms with Crippen LogP contribution in [0.25, 0.3) is 0 Å². The van der Waals surface area contributed by atoms with Crippen molar-refractivity contribution in [1.29, 1.82) is 0 Å². The number of halogens is 1. The van der Waals surface area contributed by atoms with Gasteiger partial charge in [-0.05, 0) is 63.5 Å². The maximum absolute atomic E-state index is 13.3. The lowest BCUT2D eigenvalue weighted by Crippen LogP contribution is -2.50. The number of benzene rings is 1. The molecule has 3 N–H and O–H groups in total. The van der Waals surface area contributed by atoms with Gasteiger partial charge in [0.05, 0.1) is 11.6 Å². The minimum absolute atomic E-state index is 0.113. The average Bonchev–Trinajstić information content (AvgIpc) is 2.44. The van der Waals surface area contributed by atoms with Crippen molar-refractivity contribution in [2.45, 2.75) is 37.8 Å². The molecule has 0 saturated carbocycles. The number of rotatable bonds is 5. The molecule has 0 aromatic heterocycles. The van der Waals surface area contributed by atoms with E-state index in [4.69, 9.17) is 0 Å². The predicted molar refractivity (Wildman–Crippen MR) is 87.8 cm³/mol. The highest BCUT2D eigenvalue weighted by Gasteiger charge is 2.25. The van der Waals surface area contributed by atoms with Gasteiger partial charge < -0.3 is 20.6 Å². The van der Waals surface area contributed by atoms with Crippen molar-refractivity contribution >= 4 is 6.03 Å². The predicted octanol–water partition coefficient (Wildman–Crippen LogP) is 1.81. The van der Waals surface area contributed by atoms with Crippen molar-refractivity contribution < 1.29 is 14.3 Å². The molecule has 2 unspecified atom stereocenters. The lowest BCUT2D eigenvalue weighted by Gasteiger charge is -2.29. The fourth-order valence-corrected chi connectivity index (χ4v) is 3.15. The van der Waals surface area contributed by atoms with Gasteiger partial charge in [-0.25, -0.2) is 9.18 Å². The second-order valence-electron chi connectivity index (χ2n) is 6.85. The van der Waals surface area contributed by atoms with Gasteiger partial charge in [0.15, 0.2) is 0 Å². The molecule has 0 bridgehead atoms. The fraction of sp³-hybridized carbons (Fsp3) is 0.588. The van der Waals surface area contributed by atoms with E-state index in [0.29, 0.717) is 6.54 Å². The van der Waals surface area contributed by atoms with Gasteiger partial charge in [0.1, 0.15) is 5.82 Å². The molecular formula is C17H26FN3O2. The van der Waals surface area contributed by atoms with Crippen molar-refractivity contribution in [3.63, 3.8) is 0 Å². The summed E-state index contributed by atoms with van der Waals surface area (Å²) in [6, 6.07) is 4.29. The van der Waals surface area contributed by atoms with Crippen LogP contribution in [0.1, 0.15) is 36.9 Å². The van der Waals surface area contributed by atoms with Gasteiger partial charge in [0.25, 0.3) is 0 Å². The van der Waals surface area contributed by atoms with Crippen molar-refractivity contribution in [2.24, 2.45) is 0 Å². The highest BCUT2D eigenvalue weighted by molar-refractivity contribution is 5.74. The molecule has 1 aliphatic carbocycles. The van der Waals surface area contributed by atoms with Crippen molar-refractivity contribution in [3.05, 3.63) is 35.1 Å². The van der Waals surface area contributed by atoms with Gasteiger partial charge in [0.2, 0.25) is 0 Å². The van der Waals surface area contributed by atoms with E-state index in [1.165, 1.54) is 6.07 Å². The van der Waals surface area contributed by atoms with E-state index in [2.05, 4.69) is 10.6 Å². The Labute approximate surface area is 136 Å². The zero-order valence-corrected chi connectivity index (χ0v) is 14.0. The maximum Gasteiger partial charge on any atom is 0.315 e. The number of hydrogen-bond donors (Lipinski definition) is 3. The molecule has 1 aromatic rings. The van der Waals surface area contributed by atoms with Crippen LogP contribution in [-0.4, -0.2) is 48.8 Å². The monoisotopic (exact) mass is 323 g/mol. The molecule has 6 heteroatoms. The topological polar surface area (TPSA) is 64.6 Å². The van der Waals surface area contributed by atoms with Crippen molar-refractivity contribution in [3.8, 4) is 0 Å². The largest absolute Gasteiger partial charge is 0.387 e. The maximum atomic E-state index is 13.3. The van der Waals surface area contributed by atoms with E-state index in [1.54, 1.807) is 19.1 Å². The van der Waals surface area contributed by atoms with E-state index < -0.39 is 5.60 Å². The van der Waals surface area contributed by atoms with Gasteiger partial charge in [-0.1, -0.05) is 6.07 Å². The molecule has 0 radical (unpaired) electrons. The second kappa shape index (κ2) is 7.27. The number of fused-ring (bicyclic) bond motifs is 1. The summed E-state index contributed by atoms with van der Waals surface area (Å²) >= 11 is 0. The summed E-state index contributed by atoms with van der Waals surface area (Å²) in [7, 11) is 3.74. The van der Waals surface area contributed by atoms with Gasteiger partial charge >= 0.3 is 6.03 Å². The van der Waals surface area contributed by atoms with Crippen LogP contribution in [0.3, 0.4) is 0 Å². The highest BCUT2D eigenvalue weighted by Crippen LogP contribution is 2.30. The standard InChI is InChI=1S/C17H26FN3O2/c1-17(23,11-21(2)3)10-19-16(22)20-15-6-4-5-12-9-13(18)7-8-14(12)15/h7-9,15,23H,4-6,10-11H2,1-3H3,(H2,19,20,22). The Morgan fingerprint density at radius 1 is 1.48 bits per heavy atom. The Balaban J connectivity index is 1.92. The minimum atomic E-state index is -0.992. The molecule has 23 heavy (non-hydrogen) atoms. The van der Waals surface area contributed by atoms with Crippen LogP contribution in [0, 0.1) is 5.82 Å². The van der Waals surface area contributed by atoms with Crippen LogP contribution in [0.2, 0.25) is 0 Å². The lowest BCUT2D eigenvalue weighted by atomic mass is 9.87. The van der Waals surface area contributed by atoms with Gasteiger partial charge in [0, 0.05) is 13.1 Å². The van der Waals surface area contributed by atoms with E-state index in [-0.39, 0.29) is 24.4 Å². The molecule has 128 valence electrons. The molecule has 2 amide bonds. The van der Waals surface area contributed by atoms with Crippen LogP contribution in [-0.2, 0) is 6.42 Å². The molecule has 0 saturated heterocycles. The Morgan fingerprint density at radius 3 is 2.91 bits per heavy atom. The number of aryl methyl sites for hydroxylation is 1. The van der Waals surface area contributed by atoms with Crippen molar-refractivity contribution in [2.75, 3.05) is 27.2 Å². The summed E-state index contributed by atoms with van der Waals surface area (Å²) in [5.74, 6) is -0.242. The molecule has 2 rings (SSSR count). The lowest BCUT2D eigenvalue weighted by molar-refractivity contribution is 0.0359. The number of carbonyl (C=O) groups is 1. The molecule has 1 aliphatic rings. The number of hydrogen-bond acceptors (Lipinski definition) is 3. The third-order valence-electron chi connectivity index (χ3n) is 4.01. The van der Waals surface area contributed by atoms with E-state index >= 15 is 0 Å². The van der Waals surface area contributed by atoms with Crippen LogP contribution < -0.4 is 10.6 Å². The molecule has 2 atom stereocenters. The van der Waals surface area contributed by atoms with Crippen LogP contribution in [0.15, 0.2) is 18.2 Å².